The summed E-state index contributed by atoms with van der Waals surface area (Å²) in [6.07, 6.45) is 8.50. The molecule has 6 rings (SSSR count). The molecule has 11 heteroatoms. The highest BCUT2D eigenvalue weighted by Gasteiger charge is 2.53. The summed E-state index contributed by atoms with van der Waals surface area (Å²) >= 11 is 0. The average Bonchev–Trinajstić information content (AvgIpc) is 3.65. The van der Waals surface area contributed by atoms with Crippen molar-refractivity contribution < 1.29 is 31.5 Å². The highest BCUT2D eigenvalue weighted by Crippen LogP contribution is 2.40. The molecule has 3 N–H and O–H groups in total. The Morgan fingerprint density at radius 2 is 1.59 bits per heavy atom. The molecule has 1 aliphatic carbocycles. The Labute approximate surface area is 269 Å². The number of nitrogens with two attached hydrogens (primary N) is 1. The summed E-state index contributed by atoms with van der Waals surface area (Å²) in [6.45, 7) is 2.47. The van der Waals surface area contributed by atoms with E-state index in [0.717, 1.165) is 43.9 Å². The maximum Gasteiger partial charge on any atom is 0.298 e. The zero-order chi connectivity index (χ0) is 32.5. The van der Waals surface area contributed by atoms with Crippen LogP contribution < -0.4 is 19.9 Å². The Balaban J connectivity index is 1.29. The molecule has 2 heterocycles. The molecular weight excluding hydrogens is 612 g/mol. The summed E-state index contributed by atoms with van der Waals surface area (Å²) in [7, 11) is -4.56. The second-order valence-corrected chi connectivity index (χ2v) is 14.7. The molecule has 46 heavy (non-hydrogen) atoms. The van der Waals surface area contributed by atoms with E-state index in [0.29, 0.717) is 49.2 Å². The molecule has 1 saturated carbocycles. The van der Waals surface area contributed by atoms with Gasteiger partial charge in [0.15, 0.2) is 6.04 Å². The first-order chi connectivity index (χ1) is 22.0. The zero-order valence-corrected chi connectivity index (χ0v) is 27.0. The van der Waals surface area contributed by atoms with Gasteiger partial charge in [0.1, 0.15) is 11.5 Å². The Kier molecular flexibility index (Phi) is 9.55. The van der Waals surface area contributed by atoms with E-state index in [-0.39, 0.29) is 29.1 Å². The van der Waals surface area contributed by atoms with Gasteiger partial charge >= 0.3 is 0 Å². The minimum absolute atomic E-state index is 0.126. The number of amides is 1. The van der Waals surface area contributed by atoms with Crippen LogP contribution in [0.15, 0.2) is 65.6 Å². The van der Waals surface area contributed by atoms with Crippen LogP contribution in [0.1, 0.15) is 76.7 Å². The van der Waals surface area contributed by atoms with Gasteiger partial charge in [0, 0.05) is 23.7 Å². The average molecular weight is 656 g/mol. The van der Waals surface area contributed by atoms with Crippen molar-refractivity contribution in [3.8, 4) is 11.5 Å². The predicted molar refractivity (Wildman–Crippen MR) is 173 cm³/mol. The number of nitrogens with zero attached hydrogens (tertiary/aromatic N) is 1. The predicted octanol–water partition coefficient (Wildman–Crippen LogP) is 6.26. The molecule has 3 fully saturated rings. The van der Waals surface area contributed by atoms with Gasteiger partial charge in [-0.1, -0.05) is 25.5 Å². The van der Waals surface area contributed by atoms with E-state index in [1.54, 1.807) is 18.2 Å². The minimum atomic E-state index is -4.56. The first-order valence-electron chi connectivity index (χ1n) is 16.5. The Hall–Kier alpha value is -3.28. The molecule has 3 aromatic carbocycles. The summed E-state index contributed by atoms with van der Waals surface area (Å²) in [5.74, 6) is -3.68. The standard InChI is InChI=1S/C35H43F2N3O5S/c1-2-3-18-44-29-15-10-25(11-16-29)35(36,37)33(34(41)40-27-12-13-28(40)22-26(38)21-27)39-46(42,43)32-17-9-23-19-31(14-8-24(23)20-32)45-30-6-4-5-7-30/h8-11,14-17,19-20,26-28,30,33,39H,2-7,12-13,18,21-22,38H2,1H3/t26?,27?,28?,33-/m1/s1. The van der Waals surface area contributed by atoms with Crippen molar-refractivity contribution in [1.82, 2.24) is 9.62 Å². The van der Waals surface area contributed by atoms with Crippen LogP contribution in [0.4, 0.5) is 8.78 Å². The number of hydrogen-bond acceptors (Lipinski definition) is 6. The fraction of sp³-hybridized carbons (Fsp3) is 0.514. The Bertz CT molecular complexity index is 1630. The largest absolute Gasteiger partial charge is 0.494 e. The molecule has 0 aromatic heterocycles. The fourth-order valence-electron chi connectivity index (χ4n) is 7.15. The van der Waals surface area contributed by atoms with Crippen LogP contribution in [0.3, 0.4) is 0 Å². The zero-order valence-electron chi connectivity index (χ0n) is 26.2. The van der Waals surface area contributed by atoms with Crippen LogP contribution >= 0.6 is 0 Å². The van der Waals surface area contributed by atoms with Crippen molar-refractivity contribution in [2.45, 2.75) is 112 Å². The third-order valence-electron chi connectivity index (χ3n) is 9.61. The quantitative estimate of drug-likeness (QED) is 0.223. The molecule has 1 amide bonds. The number of piperidine rings is 1. The number of rotatable bonds is 12. The molecule has 0 spiro atoms. The SMILES string of the molecule is CCCCOc1ccc(C(F)(F)[C@H](NS(=O)(=O)c2ccc3cc(OC4CCCC4)ccc3c2)C(=O)N2C3CCC2CC(N)C3)cc1. The van der Waals surface area contributed by atoms with Crippen LogP contribution in [0.5, 0.6) is 11.5 Å². The number of benzene rings is 3. The minimum Gasteiger partial charge on any atom is -0.494 e. The van der Waals surface area contributed by atoms with E-state index < -0.39 is 33.5 Å². The van der Waals surface area contributed by atoms with E-state index in [1.165, 1.54) is 41.3 Å². The normalized spacial score (nSPS) is 22.7. The highest BCUT2D eigenvalue weighted by atomic mass is 32.2. The summed E-state index contributed by atoms with van der Waals surface area (Å²) in [4.78, 5) is 15.3. The number of fused-ring (bicyclic) bond motifs is 3. The van der Waals surface area contributed by atoms with E-state index in [4.69, 9.17) is 15.2 Å². The van der Waals surface area contributed by atoms with Gasteiger partial charge in [0.05, 0.1) is 17.6 Å². The smallest absolute Gasteiger partial charge is 0.298 e. The lowest BCUT2D eigenvalue weighted by Gasteiger charge is -2.41. The first kappa shape index (κ1) is 32.7. The maximum absolute atomic E-state index is 16.5. The number of carbonyl (C=O) groups is 1. The fourth-order valence-corrected chi connectivity index (χ4v) is 8.37. The van der Waals surface area contributed by atoms with Crippen molar-refractivity contribution in [2.75, 3.05) is 6.61 Å². The van der Waals surface area contributed by atoms with Crippen LogP contribution in [0.25, 0.3) is 10.8 Å². The van der Waals surface area contributed by atoms with Crippen LogP contribution in [-0.2, 0) is 20.7 Å². The van der Waals surface area contributed by atoms with Gasteiger partial charge in [-0.05, 0) is 117 Å². The van der Waals surface area contributed by atoms with Crippen LogP contribution in [0.2, 0.25) is 0 Å². The van der Waals surface area contributed by atoms with Crippen molar-refractivity contribution in [1.29, 1.82) is 0 Å². The molecule has 2 aliphatic heterocycles. The number of nitrogens with one attached hydrogen (secondary N) is 1. The van der Waals surface area contributed by atoms with E-state index >= 15 is 8.78 Å². The number of halogens is 2. The maximum atomic E-state index is 16.5. The number of hydrogen-bond donors (Lipinski definition) is 2. The highest BCUT2D eigenvalue weighted by molar-refractivity contribution is 7.89. The summed E-state index contributed by atoms with van der Waals surface area (Å²) < 4.78 is 74.4. The number of sulfonamides is 1. The van der Waals surface area contributed by atoms with Gasteiger partial charge in [0.2, 0.25) is 15.9 Å². The molecule has 2 bridgehead atoms. The van der Waals surface area contributed by atoms with Crippen LogP contribution in [0, 0.1) is 0 Å². The van der Waals surface area contributed by atoms with Gasteiger partial charge < -0.3 is 20.1 Å². The summed E-state index contributed by atoms with van der Waals surface area (Å²) in [6, 6.07) is 12.0. The van der Waals surface area contributed by atoms with Crippen molar-refractivity contribution in [2.24, 2.45) is 5.73 Å². The molecule has 3 aromatic rings. The molecule has 2 saturated heterocycles. The monoisotopic (exact) mass is 655 g/mol. The lowest BCUT2D eigenvalue weighted by Crippen LogP contribution is -2.60. The molecule has 0 radical (unpaired) electrons. The molecule has 2 unspecified atom stereocenters. The van der Waals surface area contributed by atoms with Gasteiger partial charge in [0.25, 0.3) is 5.92 Å². The van der Waals surface area contributed by atoms with Crippen molar-refractivity contribution in [3.63, 3.8) is 0 Å². The summed E-state index contributed by atoms with van der Waals surface area (Å²) in [5.41, 5.74) is 5.70. The van der Waals surface area contributed by atoms with E-state index in [9.17, 15) is 13.2 Å². The molecule has 248 valence electrons. The number of unbranched alkanes of at least 4 members (excludes halogenated alkanes) is 1. The van der Waals surface area contributed by atoms with Gasteiger partial charge in [-0.3, -0.25) is 4.79 Å². The Morgan fingerprint density at radius 1 is 0.957 bits per heavy atom. The van der Waals surface area contributed by atoms with Crippen LogP contribution in [-0.4, -0.2) is 56.1 Å². The van der Waals surface area contributed by atoms with Crippen molar-refractivity contribution in [3.05, 3.63) is 66.2 Å². The molecule has 3 aliphatic rings. The topological polar surface area (TPSA) is 111 Å². The third-order valence-corrected chi connectivity index (χ3v) is 11.0. The van der Waals surface area contributed by atoms with Gasteiger partial charge in [-0.2, -0.15) is 13.5 Å². The first-order valence-corrected chi connectivity index (χ1v) is 17.9. The molecule has 3 atom stereocenters. The summed E-state index contributed by atoms with van der Waals surface area (Å²) in [5, 5.41) is 1.37. The third kappa shape index (κ3) is 6.87. The number of alkyl halides is 2. The van der Waals surface area contributed by atoms with Gasteiger partial charge in [-0.15, -0.1) is 0 Å². The van der Waals surface area contributed by atoms with Crippen molar-refractivity contribution >= 4 is 26.7 Å². The van der Waals surface area contributed by atoms with E-state index in [2.05, 4.69) is 4.72 Å². The van der Waals surface area contributed by atoms with E-state index in [1.807, 2.05) is 13.0 Å². The lowest BCUT2D eigenvalue weighted by atomic mass is 9.94. The molecule has 8 nitrogen and oxygen atoms in total. The second kappa shape index (κ2) is 13.4. The molecular formula is C35H43F2N3O5S. The lowest BCUT2D eigenvalue weighted by molar-refractivity contribution is -0.149. The van der Waals surface area contributed by atoms with Gasteiger partial charge in [-0.25, -0.2) is 8.42 Å². The Morgan fingerprint density at radius 3 is 2.26 bits per heavy atom. The number of ether oxygens (including phenoxy) is 2. The number of carbonyl (C=O) groups excluding carboxylic acids is 1. The second-order valence-electron chi connectivity index (χ2n) is 13.0.